The molecule has 3 rings (SSSR count). The van der Waals surface area contributed by atoms with Crippen LogP contribution < -0.4 is 0 Å². The number of carbonyl (C=O) groups is 1. The van der Waals surface area contributed by atoms with Crippen molar-refractivity contribution in [2.45, 2.75) is 32.2 Å². The highest BCUT2D eigenvalue weighted by atomic mass is 32.1. The lowest BCUT2D eigenvalue weighted by molar-refractivity contribution is -0.140. The van der Waals surface area contributed by atoms with Gasteiger partial charge >= 0.3 is 0 Å². The molecule has 0 N–H and O–H groups in total. The first-order valence-electron chi connectivity index (χ1n) is 8.08. The number of piperidine rings is 2. The Morgan fingerprint density at radius 1 is 1.41 bits per heavy atom. The second kappa shape index (κ2) is 7.06. The Morgan fingerprint density at radius 3 is 3.09 bits per heavy atom. The van der Waals surface area contributed by atoms with Gasteiger partial charge in [-0.3, -0.25) is 9.69 Å². The van der Waals surface area contributed by atoms with Gasteiger partial charge in [0.05, 0.1) is 13.2 Å². The molecule has 1 aromatic heterocycles. The summed E-state index contributed by atoms with van der Waals surface area (Å²) in [6.45, 7) is 5.43. The molecule has 2 saturated heterocycles. The molecule has 22 heavy (non-hydrogen) atoms. The van der Waals surface area contributed by atoms with E-state index in [-0.39, 0.29) is 5.41 Å². The molecule has 0 bridgehead atoms. The Labute approximate surface area is 136 Å². The van der Waals surface area contributed by atoms with Crippen molar-refractivity contribution >= 4 is 17.2 Å². The van der Waals surface area contributed by atoms with Crippen molar-refractivity contribution in [1.29, 1.82) is 0 Å². The van der Waals surface area contributed by atoms with Gasteiger partial charge in [-0.2, -0.15) is 0 Å². The van der Waals surface area contributed by atoms with E-state index >= 15 is 0 Å². The molecule has 1 amide bonds. The van der Waals surface area contributed by atoms with E-state index in [1.807, 2.05) is 16.5 Å². The molecule has 2 fully saturated rings. The van der Waals surface area contributed by atoms with E-state index in [2.05, 4.69) is 9.88 Å². The predicted octanol–water partition coefficient (Wildman–Crippen LogP) is 1.99. The fourth-order valence-electron chi connectivity index (χ4n) is 3.81. The predicted molar refractivity (Wildman–Crippen MR) is 86.7 cm³/mol. The number of thiazole rings is 1. The summed E-state index contributed by atoms with van der Waals surface area (Å²) in [4.78, 5) is 21.1. The lowest BCUT2D eigenvalue weighted by Gasteiger charge is -2.48. The standard InChI is InChI=1S/C16H25N3O2S/c1-21-9-8-19-13-16(5-3-15(19)20)4-2-7-18(12-16)11-14-17-6-10-22-14/h6,10H,2-5,7-9,11-13H2,1H3/t16-/m1/s1. The molecule has 6 heteroatoms. The van der Waals surface area contributed by atoms with E-state index < -0.39 is 0 Å². The van der Waals surface area contributed by atoms with E-state index in [0.29, 0.717) is 18.9 Å². The minimum Gasteiger partial charge on any atom is -0.383 e. The molecular weight excluding hydrogens is 298 g/mol. The number of carbonyl (C=O) groups excluding carboxylic acids is 1. The van der Waals surface area contributed by atoms with Crippen LogP contribution in [0.5, 0.6) is 0 Å². The van der Waals surface area contributed by atoms with Crippen molar-refractivity contribution in [1.82, 2.24) is 14.8 Å². The molecule has 2 aliphatic heterocycles. The Morgan fingerprint density at radius 2 is 2.32 bits per heavy atom. The van der Waals surface area contributed by atoms with Crippen molar-refractivity contribution in [2.24, 2.45) is 5.41 Å². The average molecular weight is 323 g/mol. The Kier molecular flexibility index (Phi) is 5.10. The highest BCUT2D eigenvalue weighted by Crippen LogP contribution is 2.39. The molecule has 2 aliphatic rings. The highest BCUT2D eigenvalue weighted by Gasteiger charge is 2.41. The monoisotopic (exact) mass is 323 g/mol. The van der Waals surface area contributed by atoms with Crippen molar-refractivity contribution in [3.8, 4) is 0 Å². The van der Waals surface area contributed by atoms with Gasteiger partial charge in [0, 0.05) is 50.2 Å². The second-order valence-electron chi connectivity index (χ2n) is 6.55. The average Bonchev–Trinajstić information content (AvgIpc) is 3.02. The van der Waals surface area contributed by atoms with Gasteiger partial charge in [-0.05, 0) is 25.8 Å². The van der Waals surface area contributed by atoms with Crippen LogP contribution in [0.2, 0.25) is 0 Å². The molecule has 1 aromatic rings. The van der Waals surface area contributed by atoms with Crippen LogP contribution >= 0.6 is 11.3 Å². The van der Waals surface area contributed by atoms with Crippen LogP contribution in [-0.2, 0) is 16.1 Å². The number of aromatic nitrogens is 1. The second-order valence-corrected chi connectivity index (χ2v) is 7.53. The van der Waals surface area contributed by atoms with E-state index in [4.69, 9.17) is 4.74 Å². The summed E-state index contributed by atoms with van der Waals surface area (Å²) in [5, 5.41) is 3.24. The molecule has 0 aromatic carbocycles. The van der Waals surface area contributed by atoms with Gasteiger partial charge in [-0.1, -0.05) is 0 Å². The number of nitrogens with zero attached hydrogens (tertiary/aromatic N) is 3. The number of methoxy groups -OCH3 is 1. The molecule has 122 valence electrons. The van der Waals surface area contributed by atoms with Crippen LogP contribution in [0.1, 0.15) is 30.7 Å². The van der Waals surface area contributed by atoms with Gasteiger partial charge in [0.15, 0.2) is 0 Å². The summed E-state index contributed by atoms with van der Waals surface area (Å²) in [5.74, 6) is 0.291. The van der Waals surface area contributed by atoms with Gasteiger partial charge in [0.25, 0.3) is 0 Å². The van der Waals surface area contributed by atoms with Crippen LogP contribution in [-0.4, -0.2) is 60.6 Å². The number of rotatable bonds is 5. The quantitative estimate of drug-likeness (QED) is 0.831. The van der Waals surface area contributed by atoms with Crippen molar-refractivity contribution in [3.63, 3.8) is 0 Å². The SMILES string of the molecule is COCCN1C[C@]2(CCCN(Cc3nccs3)C2)CCC1=O. The fourth-order valence-corrected chi connectivity index (χ4v) is 4.47. The Balaban J connectivity index is 1.62. The number of hydrogen-bond donors (Lipinski definition) is 0. The molecule has 0 aliphatic carbocycles. The van der Waals surface area contributed by atoms with E-state index in [1.165, 1.54) is 17.8 Å². The summed E-state index contributed by atoms with van der Waals surface area (Å²) in [5.41, 5.74) is 0.275. The minimum atomic E-state index is 0.275. The van der Waals surface area contributed by atoms with Crippen LogP contribution in [0, 0.1) is 5.41 Å². The maximum absolute atomic E-state index is 12.1. The molecule has 3 heterocycles. The summed E-state index contributed by atoms with van der Waals surface area (Å²) in [6.07, 6.45) is 6.06. The topological polar surface area (TPSA) is 45.7 Å². The minimum absolute atomic E-state index is 0.275. The zero-order chi connectivity index (χ0) is 15.4. The molecule has 0 unspecified atom stereocenters. The van der Waals surface area contributed by atoms with E-state index in [9.17, 15) is 4.79 Å². The number of amides is 1. The molecule has 5 nitrogen and oxygen atoms in total. The summed E-state index contributed by atoms with van der Waals surface area (Å²) in [6, 6.07) is 0. The van der Waals surface area contributed by atoms with Crippen molar-refractivity contribution < 1.29 is 9.53 Å². The number of ether oxygens (including phenoxy) is 1. The van der Waals surface area contributed by atoms with Crippen LogP contribution in [0.3, 0.4) is 0 Å². The maximum Gasteiger partial charge on any atom is 0.222 e. The highest BCUT2D eigenvalue weighted by molar-refractivity contribution is 7.09. The Hall–Kier alpha value is -0.980. The zero-order valence-corrected chi connectivity index (χ0v) is 14.1. The molecule has 0 radical (unpaired) electrons. The normalized spacial score (nSPS) is 26.8. The van der Waals surface area contributed by atoms with Gasteiger partial charge in [-0.25, -0.2) is 4.98 Å². The lowest BCUT2D eigenvalue weighted by atomic mass is 9.73. The van der Waals surface area contributed by atoms with E-state index in [0.717, 1.165) is 39.1 Å². The van der Waals surface area contributed by atoms with Gasteiger partial charge in [-0.15, -0.1) is 11.3 Å². The van der Waals surface area contributed by atoms with Gasteiger partial charge in [0.2, 0.25) is 5.91 Å². The number of likely N-dealkylation sites (tertiary alicyclic amines) is 2. The number of hydrogen-bond acceptors (Lipinski definition) is 5. The summed E-state index contributed by atoms with van der Waals surface area (Å²) in [7, 11) is 1.70. The fraction of sp³-hybridized carbons (Fsp3) is 0.750. The third kappa shape index (κ3) is 3.67. The van der Waals surface area contributed by atoms with Crippen LogP contribution in [0.4, 0.5) is 0 Å². The molecular formula is C16H25N3O2S. The van der Waals surface area contributed by atoms with Gasteiger partial charge in [0.1, 0.15) is 5.01 Å². The van der Waals surface area contributed by atoms with E-state index in [1.54, 1.807) is 18.4 Å². The van der Waals surface area contributed by atoms with Crippen molar-refractivity contribution in [3.05, 3.63) is 16.6 Å². The largest absolute Gasteiger partial charge is 0.383 e. The summed E-state index contributed by atoms with van der Waals surface area (Å²) < 4.78 is 5.15. The third-order valence-corrected chi connectivity index (χ3v) is 5.66. The first-order chi connectivity index (χ1) is 10.7. The Bertz CT molecular complexity index is 494. The maximum atomic E-state index is 12.1. The van der Waals surface area contributed by atoms with Gasteiger partial charge < -0.3 is 9.64 Å². The lowest BCUT2D eigenvalue weighted by Crippen LogP contribution is -2.54. The molecule has 1 atom stereocenters. The first kappa shape index (κ1) is 15.9. The first-order valence-corrected chi connectivity index (χ1v) is 8.96. The zero-order valence-electron chi connectivity index (χ0n) is 13.3. The van der Waals surface area contributed by atoms with Crippen molar-refractivity contribution in [2.75, 3.05) is 39.9 Å². The van der Waals surface area contributed by atoms with Crippen LogP contribution in [0.15, 0.2) is 11.6 Å². The molecule has 0 saturated carbocycles. The summed E-state index contributed by atoms with van der Waals surface area (Å²) >= 11 is 1.73. The third-order valence-electron chi connectivity index (χ3n) is 4.90. The van der Waals surface area contributed by atoms with Crippen LogP contribution in [0.25, 0.3) is 0 Å². The smallest absolute Gasteiger partial charge is 0.222 e. The molecule has 1 spiro atoms.